The lowest BCUT2D eigenvalue weighted by Crippen LogP contribution is -2.43. The second-order valence-electron chi connectivity index (χ2n) is 4.37. The van der Waals surface area contributed by atoms with Crippen LogP contribution in [0.5, 0.6) is 0 Å². The van der Waals surface area contributed by atoms with Gasteiger partial charge in [-0.1, -0.05) is 6.92 Å². The number of rotatable bonds is 3. The van der Waals surface area contributed by atoms with E-state index in [-0.39, 0.29) is 5.78 Å². The molecule has 1 aromatic heterocycles. The Labute approximate surface area is 102 Å². The summed E-state index contributed by atoms with van der Waals surface area (Å²) in [6, 6.07) is 2.02. The summed E-state index contributed by atoms with van der Waals surface area (Å²) in [5.41, 5.74) is 1.78. The van der Waals surface area contributed by atoms with Gasteiger partial charge in [0.25, 0.3) is 0 Å². The van der Waals surface area contributed by atoms with E-state index in [4.69, 9.17) is 0 Å². The highest BCUT2D eigenvalue weighted by molar-refractivity contribution is 5.97. The summed E-state index contributed by atoms with van der Waals surface area (Å²) < 4.78 is 0. The molecule has 2 rings (SSSR count). The van der Waals surface area contributed by atoms with E-state index in [0.29, 0.717) is 6.42 Å². The molecule has 17 heavy (non-hydrogen) atoms. The number of aryl methyl sites for hydroxylation is 1. The van der Waals surface area contributed by atoms with Crippen LogP contribution in [-0.2, 0) is 0 Å². The van der Waals surface area contributed by atoms with Gasteiger partial charge in [0.2, 0.25) is 0 Å². The zero-order valence-electron chi connectivity index (χ0n) is 10.5. The van der Waals surface area contributed by atoms with Gasteiger partial charge in [-0.15, -0.1) is 0 Å². The molecule has 0 unspecified atom stereocenters. The van der Waals surface area contributed by atoms with E-state index in [9.17, 15) is 4.79 Å². The maximum atomic E-state index is 11.7. The van der Waals surface area contributed by atoms with Crippen LogP contribution in [0.1, 0.15) is 29.3 Å². The number of Topliss-reactive ketones (excluding diaryl/α,β-unsaturated/α-hetero) is 1. The number of nitrogens with one attached hydrogen (secondary N) is 1. The Kier molecular flexibility index (Phi) is 3.74. The first-order valence-electron chi connectivity index (χ1n) is 6.18. The fourth-order valence-corrected chi connectivity index (χ4v) is 2.09. The lowest BCUT2D eigenvalue weighted by molar-refractivity contribution is 0.0987. The molecule has 0 aromatic carbocycles. The van der Waals surface area contributed by atoms with Crippen molar-refractivity contribution in [3.8, 4) is 0 Å². The number of ketones is 1. The quantitative estimate of drug-likeness (QED) is 0.801. The number of pyridine rings is 1. The van der Waals surface area contributed by atoms with E-state index in [1.807, 2.05) is 19.9 Å². The molecule has 1 saturated heterocycles. The molecule has 1 fully saturated rings. The molecule has 92 valence electrons. The zero-order valence-corrected chi connectivity index (χ0v) is 10.5. The summed E-state index contributed by atoms with van der Waals surface area (Å²) in [6.07, 6.45) is 2.26. The molecule has 2 heterocycles. The number of carbonyl (C=O) groups excluding carboxylic acids is 1. The Morgan fingerprint density at radius 2 is 2.18 bits per heavy atom. The molecule has 0 radical (unpaired) electrons. The molecule has 0 spiro atoms. The van der Waals surface area contributed by atoms with Crippen molar-refractivity contribution in [3.63, 3.8) is 0 Å². The molecule has 4 heteroatoms. The van der Waals surface area contributed by atoms with E-state index in [2.05, 4.69) is 15.2 Å². The Bertz CT molecular complexity index is 411. The van der Waals surface area contributed by atoms with Crippen molar-refractivity contribution in [2.24, 2.45) is 0 Å². The van der Waals surface area contributed by atoms with E-state index in [1.54, 1.807) is 6.20 Å². The predicted octanol–water partition coefficient (Wildman–Crippen LogP) is 1.39. The molecule has 0 bridgehead atoms. The Balaban J connectivity index is 2.20. The van der Waals surface area contributed by atoms with E-state index in [0.717, 1.165) is 43.1 Å². The zero-order chi connectivity index (χ0) is 12.3. The van der Waals surface area contributed by atoms with Gasteiger partial charge in [0, 0.05) is 44.4 Å². The molecule has 1 aliphatic rings. The van der Waals surface area contributed by atoms with Crippen LogP contribution < -0.4 is 10.2 Å². The van der Waals surface area contributed by atoms with Crippen LogP contribution in [0.3, 0.4) is 0 Å². The third-order valence-electron chi connectivity index (χ3n) is 3.16. The van der Waals surface area contributed by atoms with E-state index < -0.39 is 0 Å². The van der Waals surface area contributed by atoms with Gasteiger partial charge in [0.05, 0.1) is 0 Å². The van der Waals surface area contributed by atoms with Gasteiger partial charge < -0.3 is 10.2 Å². The second-order valence-corrected chi connectivity index (χ2v) is 4.37. The highest BCUT2D eigenvalue weighted by Crippen LogP contribution is 2.17. The molecule has 1 aromatic rings. The lowest BCUT2D eigenvalue weighted by Gasteiger charge is -2.28. The second kappa shape index (κ2) is 5.27. The van der Waals surface area contributed by atoms with Crippen LogP contribution in [0.2, 0.25) is 0 Å². The molecule has 1 aliphatic heterocycles. The average molecular weight is 233 g/mol. The van der Waals surface area contributed by atoms with Crippen molar-refractivity contribution in [2.45, 2.75) is 20.3 Å². The van der Waals surface area contributed by atoms with Gasteiger partial charge >= 0.3 is 0 Å². The van der Waals surface area contributed by atoms with E-state index >= 15 is 0 Å². The van der Waals surface area contributed by atoms with Crippen molar-refractivity contribution in [3.05, 3.63) is 23.4 Å². The monoisotopic (exact) mass is 233 g/mol. The number of hydrogen-bond donors (Lipinski definition) is 1. The summed E-state index contributed by atoms with van der Waals surface area (Å²) >= 11 is 0. The maximum absolute atomic E-state index is 11.7. The van der Waals surface area contributed by atoms with Crippen LogP contribution in [-0.4, -0.2) is 36.9 Å². The van der Waals surface area contributed by atoms with Crippen LogP contribution >= 0.6 is 0 Å². The summed E-state index contributed by atoms with van der Waals surface area (Å²) in [4.78, 5) is 18.3. The minimum absolute atomic E-state index is 0.168. The van der Waals surface area contributed by atoms with E-state index in [1.165, 1.54) is 0 Å². The van der Waals surface area contributed by atoms with Gasteiger partial charge in [-0.05, 0) is 18.6 Å². The molecule has 0 atom stereocenters. The lowest BCUT2D eigenvalue weighted by atomic mass is 10.1. The smallest absolute Gasteiger partial charge is 0.164 e. The van der Waals surface area contributed by atoms with Gasteiger partial charge in [0.15, 0.2) is 5.78 Å². The van der Waals surface area contributed by atoms with Crippen LogP contribution in [0.15, 0.2) is 12.3 Å². The van der Waals surface area contributed by atoms with Gasteiger partial charge in [-0.3, -0.25) is 4.79 Å². The fourth-order valence-electron chi connectivity index (χ4n) is 2.09. The van der Waals surface area contributed by atoms with Gasteiger partial charge in [-0.25, -0.2) is 4.98 Å². The Morgan fingerprint density at radius 1 is 1.47 bits per heavy atom. The first kappa shape index (κ1) is 12.0. The SMILES string of the molecule is CCC(=O)c1cnc(N2CCNCC2)cc1C. The Morgan fingerprint density at radius 3 is 2.76 bits per heavy atom. The van der Waals surface area contributed by atoms with Crippen molar-refractivity contribution in [1.29, 1.82) is 0 Å². The first-order valence-corrected chi connectivity index (χ1v) is 6.18. The molecular formula is C13H19N3O. The third kappa shape index (κ3) is 2.64. The van der Waals surface area contributed by atoms with Crippen molar-refractivity contribution in [1.82, 2.24) is 10.3 Å². The maximum Gasteiger partial charge on any atom is 0.164 e. The van der Waals surface area contributed by atoms with Crippen molar-refractivity contribution in [2.75, 3.05) is 31.1 Å². The van der Waals surface area contributed by atoms with Crippen molar-refractivity contribution >= 4 is 11.6 Å². The highest BCUT2D eigenvalue weighted by atomic mass is 16.1. The molecule has 0 aliphatic carbocycles. The summed E-state index contributed by atoms with van der Waals surface area (Å²) in [7, 11) is 0. The summed E-state index contributed by atoms with van der Waals surface area (Å²) in [6.45, 7) is 7.82. The molecular weight excluding hydrogens is 214 g/mol. The number of nitrogens with zero attached hydrogens (tertiary/aromatic N) is 2. The Hall–Kier alpha value is -1.42. The fraction of sp³-hybridized carbons (Fsp3) is 0.538. The molecule has 0 amide bonds. The molecule has 1 N–H and O–H groups in total. The minimum Gasteiger partial charge on any atom is -0.354 e. The standard InChI is InChI=1S/C13H19N3O/c1-3-12(17)11-9-15-13(8-10(11)2)16-6-4-14-5-7-16/h8-9,14H,3-7H2,1-2H3. The van der Waals surface area contributed by atoms with Gasteiger partial charge in [0.1, 0.15) is 5.82 Å². The number of hydrogen-bond acceptors (Lipinski definition) is 4. The summed E-state index contributed by atoms with van der Waals surface area (Å²) in [5, 5.41) is 3.31. The number of piperazine rings is 1. The number of carbonyl (C=O) groups is 1. The van der Waals surface area contributed by atoms with Crippen molar-refractivity contribution < 1.29 is 4.79 Å². The van der Waals surface area contributed by atoms with Crippen LogP contribution in [0.25, 0.3) is 0 Å². The van der Waals surface area contributed by atoms with Crippen LogP contribution in [0, 0.1) is 6.92 Å². The summed E-state index contributed by atoms with van der Waals surface area (Å²) in [5.74, 6) is 1.15. The molecule has 0 saturated carbocycles. The normalized spacial score (nSPS) is 16.0. The van der Waals surface area contributed by atoms with Gasteiger partial charge in [-0.2, -0.15) is 0 Å². The highest BCUT2D eigenvalue weighted by Gasteiger charge is 2.14. The third-order valence-corrected chi connectivity index (χ3v) is 3.16. The average Bonchev–Trinajstić information content (AvgIpc) is 2.39. The minimum atomic E-state index is 0.168. The topological polar surface area (TPSA) is 45.2 Å². The predicted molar refractivity (Wildman–Crippen MR) is 68.7 cm³/mol. The number of anilines is 1. The number of aromatic nitrogens is 1. The molecule has 4 nitrogen and oxygen atoms in total. The first-order chi connectivity index (χ1) is 8.22. The largest absolute Gasteiger partial charge is 0.354 e. The van der Waals surface area contributed by atoms with Crippen LogP contribution in [0.4, 0.5) is 5.82 Å².